The average molecular weight is 421 g/mol. The number of fused-ring (bicyclic) bond motifs is 1. The third-order valence-electron chi connectivity index (χ3n) is 5.42. The van der Waals surface area contributed by atoms with Crippen LogP contribution in [0.15, 0.2) is 66.7 Å². The highest BCUT2D eigenvalue weighted by Crippen LogP contribution is 2.44. The Morgan fingerprint density at radius 2 is 1.80 bits per heavy atom. The fourth-order valence-corrected chi connectivity index (χ4v) is 3.99. The number of anilines is 2. The van der Waals surface area contributed by atoms with Gasteiger partial charge in [-0.3, -0.25) is 14.5 Å². The van der Waals surface area contributed by atoms with Gasteiger partial charge in [0.05, 0.1) is 5.69 Å². The van der Waals surface area contributed by atoms with Crippen LogP contribution in [0.3, 0.4) is 0 Å². The lowest BCUT2D eigenvalue weighted by atomic mass is 9.87. The molecule has 0 fully saturated rings. The van der Waals surface area contributed by atoms with E-state index in [0.29, 0.717) is 27.5 Å². The molecular weight excluding hydrogens is 400 g/mol. The number of aliphatic hydroxyl groups is 1. The second kappa shape index (κ2) is 7.59. The molecule has 4 rings (SSSR count). The smallest absolute Gasteiger partial charge is 0.268 e. The average Bonchev–Trinajstić information content (AvgIpc) is 2.94. The van der Waals surface area contributed by atoms with Gasteiger partial charge in [0, 0.05) is 16.3 Å². The molecule has 3 aromatic carbocycles. The standard InChI is InChI=1S/C24H21ClN2O3/c1-15-7-5-8-17(13-15)24(30)18-9-3-4-12-21(18)27(23(24)29)14-22(28)26-20-11-6-10-19(25)16(20)2/h3-13,30H,14H2,1-2H3,(H,26,28)/t24-/m0/s1. The van der Waals surface area contributed by atoms with Crippen molar-refractivity contribution in [3.05, 3.63) is 94.0 Å². The van der Waals surface area contributed by atoms with Crippen molar-refractivity contribution in [1.82, 2.24) is 0 Å². The Labute approximate surface area is 179 Å². The number of hydrogen-bond acceptors (Lipinski definition) is 3. The Morgan fingerprint density at radius 3 is 2.57 bits per heavy atom. The van der Waals surface area contributed by atoms with Crippen LogP contribution in [0.4, 0.5) is 11.4 Å². The monoisotopic (exact) mass is 420 g/mol. The van der Waals surface area contributed by atoms with Crippen molar-refractivity contribution in [1.29, 1.82) is 0 Å². The van der Waals surface area contributed by atoms with Gasteiger partial charge in [0.1, 0.15) is 6.54 Å². The van der Waals surface area contributed by atoms with Gasteiger partial charge >= 0.3 is 0 Å². The van der Waals surface area contributed by atoms with Gasteiger partial charge in [-0.15, -0.1) is 0 Å². The van der Waals surface area contributed by atoms with Crippen molar-refractivity contribution in [3.8, 4) is 0 Å². The van der Waals surface area contributed by atoms with Crippen LogP contribution in [0.5, 0.6) is 0 Å². The third-order valence-corrected chi connectivity index (χ3v) is 5.83. The molecule has 0 saturated carbocycles. The van der Waals surface area contributed by atoms with Crippen LogP contribution in [0.1, 0.15) is 22.3 Å². The maximum absolute atomic E-state index is 13.4. The summed E-state index contributed by atoms with van der Waals surface area (Å²) in [5.74, 6) is -0.927. The molecule has 0 saturated heterocycles. The van der Waals surface area contributed by atoms with Crippen molar-refractivity contribution in [2.24, 2.45) is 0 Å². The van der Waals surface area contributed by atoms with Crippen LogP contribution in [0.25, 0.3) is 0 Å². The molecule has 1 heterocycles. The summed E-state index contributed by atoms with van der Waals surface area (Å²) < 4.78 is 0. The summed E-state index contributed by atoms with van der Waals surface area (Å²) >= 11 is 6.13. The number of carbonyl (C=O) groups excluding carboxylic acids is 2. The van der Waals surface area contributed by atoms with E-state index in [4.69, 9.17) is 11.6 Å². The van der Waals surface area contributed by atoms with E-state index in [2.05, 4.69) is 5.32 Å². The van der Waals surface area contributed by atoms with Crippen molar-refractivity contribution < 1.29 is 14.7 Å². The molecule has 0 unspecified atom stereocenters. The largest absolute Gasteiger partial charge is 0.372 e. The van der Waals surface area contributed by atoms with Crippen molar-refractivity contribution in [2.45, 2.75) is 19.4 Å². The summed E-state index contributed by atoms with van der Waals surface area (Å²) in [6.07, 6.45) is 0. The van der Waals surface area contributed by atoms with E-state index in [-0.39, 0.29) is 12.5 Å². The molecule has 30 heavy (non-hydrogen) atoms. The van der Waals surface area contributed by atoms with E-state index < -0.39 is 11.5 Å². The number of benzene rings is 3. The van der Waals surface area contributed by atoms with E-state index in [0.717, 1.165) is 11.1 Å². The molecule has 6 heteroatoms. The van der Waals surface area contributed by atoms with Crippen LogP contribution < -0.4 is 10.2 Å². The molecule has 1 aliphatic rings. The lowest BCUT2D eigenvalue weighted by Crippen LogP contribution is -2.44. The Bertz CT molecular complexity index is 1160. The molecule has 0 bridgehead atoms. The SMILES string of the molecule is Cc1cccc([C@@]2(O)C(=O)N(CC(=O)Nc3cccc(Cl)c3C)c3ccccc32)c1. The Morgan fingerprint density at radius 1 is 1.07 bits per heavy atom. The Kier molecular flexibility index (Phi) is 5.10. The molecule has 1 atom stereocenters. The van der Waals surface area contributed by atoms with Crippen LogP contribution in [-0.4, -0.2) is 23.5 Å². The first-order valence-electron chi connectivity index (χ1n) is 9.58. The number of aryl methyl sites for hydroxylation is 1. The summed E-state index contributed by atoms with van der Waals surface area (Å²) in [6.45, 7) is 3.48. The second-order valence-electron chi connectivity index (χ2n) is 7.45. The number of amides is 2. The number of nitrogens with zero attached hydrogens (tertiary/aromatic N) is 1. The summed E-state index contributed by atoms with van der Waals surface area (Å²) in [6, 6.07) is 19.5. The molecule has 2 amide bonds. The molecule has 0 radical (unpaired) electrons. The van der Waals surface area contributed by atoms with Crippen LogP contribution in [0, 0.1) is 13.8 Å². The van der Waals surface area contributed by atoms with E-state index in [1.807, 2.05) is 19.9 Å². The number of para-hydroxylation sites is 1. The Hall–Kier alpha value is -3.15. The quantitative estimate of drug-likeness (QED) is 0.665. The predicted molar refractivity (Wildman–Crippen MR) is 118 cm³/mol. The van der Waals surface area contributed by atoms with E-state index in [1.54, 1.807) is 60.7 Å². The highest BCUT2D eigenvalue weighted by molar-refractivity contribution is 6.31. The first-order chi connectivity index (χ1) is 14.3. The highest BCUT2D eigenvalue weighted by Gasteiger charge is 2.51. The first-order valence-corrected chi connectivity index (χ1v) is 9.96. The zero-order chi connectivity index (χ0) is 21.5. The van der Waals surface area contributed by atoms with E-state index in [9.17, 15) is 14.7 Å². The minimum Gasteiger partial charge on any atom is -0.372 e. The van der Waals surface area contributed by atoms with E-state index >= 15 is 0 Å². The lowest BCUT2D eigenvalue weighted by Gasteiger charge is -2.24. The van der Waals surface area contributed by atoms with Gasteiger partial charge < -0.3 is 10.4 Å². The summed E-state index contributed by atoms with van der Waals surface area (Å²) in [4.78, 5) is 27.5. The van der Waals surface area contributed by atoms with E-state index in [1.165, 1.54) is 4.90 Å². The van der Waals surface area contributed by atoms with Gasteiger partial charge in [-0.1, -0.05) is 65.7 Å². The minimum atomic E-state index is -1.84. The van der Waals surface area contributed by atoms with Gasteiger partial charge in [0.15, 0.2) is 5.60 Å². The molecule has 1 aliphatic heterocycles. The molecule has 0 aromatic heterocycles. The number of carbonyl (C=O) groups is 2. The number of hydrogen-bond donors (Lipinski definition) is 2. The minimum absolute atomic E-state index is 0.226. The highest BCUT2D eigenvalue weighted by atomic mass is 35.5. The number of halogens is 1. The molecule has 2 N–H and O–H groups in total. The summed E-state index contributed by atoms with van der Waals surface area (Å²) in [5, 5.41) is 14.9. The van der Waals surface area contributed by atoms with Gasteiger partial charge in [-0.2, -0.15) is 0 Å². The topological polar surface area (TPSA) is 69.6 Å². The second-order valence-corrected chi connectivity index (χ2v) is 7.86. The molecule has 3 aromatic rings. The van der Waals surface area contributed by atoms with Crippen molar-refractivity contribution in [2.75, 3.05) is 16.8 Å². The van der Waals surface area contributed by atoms with Crippen LogP contribution in [0.2, 0.25) is 5.02 Å². The molecule has 0 aliphatic carbocycles. The first kappa shape index (κ1) is 20.1. The van der Waals surface area contributed by atoms with Gasteiger partial charge in [0.25, 0.3) is 5.91 Å². The molecule has 152 valence electrons. The van der Waals surface area contributed by atoms with Crippen molar-refractivity contribution >= 4 is 34.8 Å². The molecular formula is C24H21ClN2O3. The predicted octanol–water partition coefficient (Wildman–Crippen LogP) is 4.18. The number of rotatable bonds is 4. The van der Waals surface area contributed by atoms with Crippen molar-refractivity contribution in [3.63, 3.8) is 0 Å². The summed E-state index contributed by atoms with van der Waals surface area (Å²) in [7, 11) is 0. The Balaban J connectivity index is 1.67. The fraction of sp³-hybridized carbons (Fsp3) is 0.167. The number of nitrogens with one attached hydrogen (secondary N) is 1. The van der Waals surface area contributed by atoms with Gasteiger partial charge in [-0.25, -0.2) is 0 Å². The normalized spacial score (nSPS) is 17.7. The molecule has 5 nitrogen and oxygen atoms in total. The maximum atomic E-state index is 13.4. The zero-order valence-electron chi connectivity index (χ0n) is 16.6. The third kappa shape index (κ3) is 3.26. The zero-order valence-corrected chi connectivity index (χ0v) is 17.4. The van der Waals surface area contributed by atoms with Crippen LogP contribution >= 0.6 is 11.6 Å². The maximum Gasteiger partial charge on any atom is 0.268 e. The van der Waals surface area contributed by atoms with Crippen LogP contribution in [-0.2, 0) is 15.2 Å². The summed E-state index contributed by atoms with van der Waals surface area (Å²) in [5.41, 5.74) is 1.89. The fourth-order valence-electron chi connectivity index (χ4n) is 3.82. The molecule has 0 spiro atoms. The van der Waals surface area contributed by atoms with Gasteiger partial charge in [0.2, 0.25) is 5.91 Å². The van der Waals surface area contributed by atoms with Gasteiger partial charge in [-0.05, 0) is 43.2 Å². The lowest BCUT2D eigenvalue weighted by molar-refractivity contribution is -0.133.